The van der Waals surface area contributed by atoms with Crippen LogP contribution in [0.5, 0.6) is 0 Å². The van der Waals surface area contributed by atoms with E-state index in [0.717, 1.165) is 34.8 Å². The molecule has 0 fully saturated rings. The zero-order valence-corrected chi connectivity index (χ0v) is 13.3. The van der Waals surface area contributed by atoms with Crippen LogP contribution >= 0.6 is 0 Å². The molecule has 0 atom stereocenters. The number of nitrogens with one attached hydrogen (secondary N) is 3. The fraction of sp³-hybridized carbons (Fsp3) is 0.167. The highest BCUT2D eigenvalue weighted by molar-refractivity contribution is 5.97. The molecule has 4 rings (SSSR count). The molecule has 0 saturated carbocycles. The van der Waals surface area contributed by atoms with E-state index in [1.165, 1.54) is 0 Å². The number of benzene rings is 1. The highest BCUT2D eigenvalue weighted by Crippen LogP contribution is 2.24. The van der Waals surface area contributed by atoms with Crippen LogP contribution in [0, 0.1) is 0 Å². The molecular formula is C18H17N5O. The second kappa shape index (κ2) is 5.81. The van der Waals surface area contributed by atoms with E-state index < -0.39 is 0 Å². The summed E-state index contributed by atoms with van der Waals surface area (Å²) in [7, 11) is 1.88. The predicted octanol–water partition coefficient (Wildman–Crippen LogP) is 2.47. The van der Waals surface area contributed by atoms with Gasteiger partial charge in [-0.3, -0.25) is 4.79 Å². The van der Waals surface area contributed by atoms with Crippen molar-refractivity contribution in [1.29, 1.82) is 0 Å². The van der Waals surface area contributed by atoms with Gasteiger partial charge in [0.25, 0.3) is 5.91 Å². The van der Waals surface area contributed by atoms with E-state index in [2.05, 4.69) is 25.6 Å². The predicted molar refractivity (Wildman–Crippen MR) is 92.8 cm³/mol. The molecule has 0 unspecified atom stereocenters. The van der Waals surface area contributed by atoms with Crippen LogP contribution in [-0.2, 0) is 6.42 Å². The first-order chi connectivity index (χ1) is 11.7. The molecule has 3 aromatic rings. The summed E-state index contributed by atoms with van der Waals surface area (Å²) in [6.45, 7) is 0.665. The lowest BCUT2D eigenvalue weighted by atomic mass is 10.1. The standard InChI is InChI=1S/C18H17N5O/c1-19-12-4-2-11(3-5-12)17-20-8-7-15(23-17)16-10-13-14(22-16)6-9-21-18(13)24/h2-5,7-8,10,19,22H,6,9H2,1H3,(H,21,24). The Morgan fingerprint density at radius 2 is 2.00 bits per heavy atom. The normalized spacial score (nSPS) is 13.3. The second-order valence-corrected chi connectivity index (χ2v) is 5.67. The summed E-state index contributed by atoms with van der Waals surface area (Å²) < 4.78 is 0. The van der Waals surface area contributed by atoms with Crippen LogP contribution in [-0.4, -0.2) is 34.5 Å². The molecule has 0 aliphatic carbocycles. The van der Waals surface area contributed by atoms with Crippen LogP contribution in [0.2, 0.25) is 0 Å². The first kappa shape index (κ1) is 14.4. The van der Waals surface area contributed by atoms with Gasteiger partial charge in [-0.05, 0) is 36.4 Å². The third kappa shape index (κ3) is 2.52. The number of nitrogens with zero attached hydrogens (tertiary/aromatic N) is 2. The molecule has 0 spiro atoms. The van der Waals surface area contributed by atoms with Gasteiger partial charge < -0.3 is 15.6 Å². The zero-order chi connectivity index (χ0) is 16.5. The van der Waals surface area contributed by atoms with Gasteiger partial charge in [-0.25, -0.2) is 9.97 Å². The van der Waals surface area contributed by atoms with Crippen molar-refractivity contribution in [3.63, 3.8) is 0 Å². The topological polar surface area (TPSA) is 82.7 Å². The maximum atomic E-state index is 11.9. The molecule has 1 aromatic carbocycles. The average molecular weight is 319 g/mol. The minimum atomic E-state index is -0.0318. The molecule has 3 N–H and O–H groups in total. The lowest BCUT2D eigenvalue weighted by Crippen LogP contribution is -2.31. The van der Waals surface area contributed by atoms with Gasteiger partial charge in [0.05, 0.1) is 17.0 Å². The van der Waals surface area contributed by atoms with Crippen LogP contribution in [0.3, 0.4) is 0 Å². The number of anilines is 1. The summed E-state index contributed by atoms with van der Waals surface area (Å²) in [5.41, 5.74) is 5.28. The highest BCUT2D eigenvalue weighted by atomic mass is 16.1. The number of aromatic nitrogens is 3. The third-order valence-corrected chi connectivity index (χ3v) is 4.17. The van der Waals surface area contributed by atoms with Gasteiger partial charge in [-0.2, -0.15) is 0 Å². The number of H-pyrrole nitrogens is 1. The van der Waals surface area contributed by atoms with Crippen LogP contribution < -0.4 is 10.6 Å². The van der Waals surface area contributed by atoms with Gasteiger partial charge in [-0.15, -0.1) is 0 Å². The largest absolute Gasteiger partial charge is 0.388 e. The van der Waals surface area contributed by atoms with Crippen LogP contribution in [0.4, 0.5) is 5.69 Å². The van der Waals surface area contributed by atoms with Gasteiger partial charge in [0.15, 0.2) is 5.82 Å². The molecule has 0 bridgehead atoms. The lowest BCUT2D eigenvalue weighted by molar-refractivity contribution is 0.0946. The summed E-state index contributed by atoms with van der Waals surface area (Å²) in [6, 6.07) is 11.7. The van der Waals surface area contributed by atoms with E-state index in [-0.39, 0.29) is 5.91 Å². The summed E-state index contributed by atoms with van der Waals surface area (Å²) >= 11 is 0. The minimum Gasteiger partial charge on any atom is -0.388 e. The van der Waals surface area contributed by atoms with Crippen LogP contribution in [0.1, 0.15) is 16.1 Å². The van der Waals surface area contributed by atoms with Gasteiger partial charge in [0, 0.05) is 43.2 Å². The molecule has 6 nitrogen and oxygen atoms in total. The molecule has 3 heterocycles. The van der Waals surface area contributed by atoms with Gasteiger partial charge >= 0.3 is 0 Å². The summed E-state index contributed by atoms with van der Waals surface area (Å²) in [6.07, 6.45) is 2.55. The van der Waals surface area contributed by atoms with Crippen molar-refractivity contribution in [2.75, 3.05) is 18.9 Å². The number of hydrogen-bond donors (Lipinski definition) is 3. The molecule has 1 amide bonds. The monoisotopic (exact) mass is 319 g/mol. The van der Waals surface area contributed by atoms with Gasteiger partial charge in [0.2, 0.25) is 0 Å². The number of hydrogen-bond acceptors (Lipinski definition) is 4. The van der Waals surface area contributed by atoms with E-state index in [1.54, 1.807) is 6.20 Å². The van der Waals surface area contributed by atoms with E-state index >= 15 is 0 Å². The molecule has 0 radical (unpaired) electrons. The Morgan fingerprint density at radius 3 is 2.75 bits per heavy atom. The molecular weight excluding hydrogens is 302 g/mol. The number of carbonyl (C=O) groups is 1. The smallest absolute Gasteiger partial charge is 0.253 e. The Kier molecular flexibility index (Phi) is 3.49. The van der Waals surface area contributed by atoms with Crippen molar-refractivity contribution in [1.82, 2.24) is 20.3 Å². The molecule has 1 aliphatic heterocycles. The zero-order valence-electron chi connectivity index (χ0n) is 13.3. The first-order valence-corrected chi connectivity index (χ1v) is 7.86. The summed E-state index contributed by atoms with van der Waals surface area (Å²) in [5, 5.41) is 5.94. The molecule has 0 saturated heterocycles. The first-order valence-electron chi connectivity index (χ1n) is 7.86. The highest BCUT2D eigenvalue weighted by Gasteiger charge is 2.20. The van der Waals surface area contributed by atoms with Crippen LogP contribution in [0.15, 0.2) is 42.6 Å². The minimum absolute atomic E-state index is 0.0318. The van der Waals surface area contributed by atoms with Crippen molar-refractivity contribution in [3.05, 3.63) is 53.9 Å². The van der Waals surface area contributed by atoms with E-state index in [0.29, 0.717) is 17.9 Å². The SMILES string of the molecule is CNc1ccc(-c2nccc(-c3cc4c([nH]3)CCNC4=O)n2)cc1. The number of carbonyl (C=O) groups excluding carboxylic acids is 1. The quantitative estimate of drug-likeness (QED) is 0.692. The van der Waals surface area contributed by atoms with E-state index in [9.17, 15) is 4.79 Å². The maximum absolute atomic E-state index is 11.9. The molecule has 2 aromatic heterocycles. The van der Waals surface area contributed by atoms with Gasteiger partial charge in [-0.1, -0.05) is 0 Å². The van der Waals surface area contributed by atoms with E-state index in [4.69, 9.17) is 0 Å². The third-order valence-electron chi connectivity index (χ3n) is 4.17. The van der Waals surface area contributed by atoms with Crippen molar-refractivity contribution in [2.45, 2.75) is 6.42 Å². The van der Waals surface area contributed by atoms with E-state index in [1.807, 2.05) is 43.4 Å². The maximum Gasteiger partial charge on any atom is 0.253 e. The average Bonchev–Trinajstić information content (AvgIpc) is 3.08. The summed E-state index contributed by atoms with van der Waals surface area (Å²) in [4.78, 5) is 24.2. The Labute approximate surface area is 139 Å². The van der Waals surface area contributed by atoms with Crippen molar-refractivity contribution in [2.24, 2.45) is 0 Å². The Morgan fingerprint density at radius 1 is 1.17 bits per heavy atom. The fourth-order valence-corrected chi connectivity index (χ4v) is 2.87. The number of amides is 1. The molecule has 120 valence electrons. The lowest BCUT2D eigenvalue weighted by Gasteiger charge is -2.10. The van der Waals surface area contributed by atoms with Gasteiger partial charge in [0.1, 0.15) is 0 Å². The Balaban J connectivity index is 1.71. The van der Waals surface area contributed by atoms with Crippen molar-refractivity contribution in [3.8, 4) is 22.8 Å². The molecule has 24 heavy (non-hydrogen) atoms. The Bertz CT molecular complexity index is 898. The molecule has 1 aliphatic rings. The Hall–Kier alpha value is -3.15. The second-order valence-electron chi connectivity index (χ2n) is 5.67. The van der Waals surface area contributed by atoms with Crippen LogP contribution in [0.25, 0.3) is 22.8 Å². The number of rotatable bonds is 3. The molecule has 6 heteroatoms. The number of aromatic amines is 1. The fourth-order valence-electron chi connectivity index (χ4n) is 2.87. The van der Waals surface area contributed by atoms with Crippen molar-refractivity contribution >= 4 is 11.6 Å². The summed E-state index contributed by atoms with van der Waals surface area (Å²) in [5.74, 6) is 0.628. The number of fused-ring (bicyclic) bond motifs is 1. The van der Waals surface area contributed by atoms with Crippen molar-refractivity contribution < 1.29 is 4.79 Å².